The van der Waals surface area contributed by atoms with Gasteiger partial charge in [0.25, 0.3) is 10.2 Å². The van der Waals surface area contributed by atoms with Crippen LogP contribution in [0.25, 0.3) is 11.4 Å². The molecule has 9 heteroatoms. The van der Waals surface area contributed by atoms with Crippen LogP contribution in [0.2, 0.25) is 5.02 Å². The third-order valence-electron chi connectivity index (χ3n) is 2.30. The normalized spacial score (nSPS) is 11.7. The van der Waals surface area contributed by atoms with Crippen molar-refractivity contribution in [3.63, 3.8) is 0 Å². The van der Waals surface area contributed by atoms with Crippen molar-refractivity contribution in [1.29, 1.82) is 0 Å². The van der Waals surface area contributed by atoms with Gasteiger partial charge >= 0.3 is 0 Å². The van der Waals surface area contributed by atoms with E-state index in [0.29, 0.717) is 23.0 Å². The highest BCUT2D eigenvalue weighted by Gasteiger charge is 2.12. The van der Waals surface area contributed by atoms with Crippen LogP contribution in [0.15, 0.2) is 28.8 Å². The fraction of sp³-hybridized carbons (Fsp3) is 0.273. The van der Waals surface area contributed by atoms with Crippen molar-refractivity contribution < 1.29 is 12.9 Å². The van der Waals surface area contributed by atoms with E-state index in [1.54, 1.807) is 31.2 Å². The highest BCUT2D eigenvalue weighted by atomic mass is 35.5. The molecular formula is C11H13ClN4O3S. The van der Waals surface area contributed by atoms with Gasteiger partial charge in [-0.15, -0.1) is 0 Å². The van der Waals surface area contributed by atoms with E-state index in [0.717, 1.165) is 0 Å². The summed E-state index contributed by atoms with van der Waals surface area (Å²) >= 11 is 5.87. The van der Waals surface area contributed by atoms with Gasteiger partial charge in [0.2, 0.25) is 11.7 Å². The lowest BCUT2D eigenvalue weighted by Gasteiger charge is -2.02. The summed E-state index contributed by atoms with van der Waals surface area (Å²) in [6, 6.07) is 6.97. The van der Waals surface area contributed by atoms with E-state index >= 15 is 0 Å². The van der Waals surface area contributed by atoms with Crippen LogP contribution in [0.4, 0.5) is 0 Å². The van der Waals surface area contributed by atoms with Crippen molar-refractivity contribution in [1.82, 2.24) is 19.6 Å². The lowest BCUT2D eigenvalue weighted by Crippen LogP contribution is -2.35. The summed E-state index contributed by atoms with van der Waals surface area (Å²) < 4.78 is 32.3. The maximum absolute atomic E-state index is 11.4. The summed E-state index contributed by atoms with van der Waals surface area (Å²) in [5.41, 5.74) is 0.696. The summed E-state index contributed by atoms with van der Waals surface area (Å²) in [6.07, 6.45) is 0. The standard InChI is InChI=1S/C11H13ClN4O3S/c1-2-13-20(17,18)14-7-10-15-11(16-19-10)8-4-3-5-9(12)6-8/h3-6,13-14H,2,7H2,1H3. The molecule has 0 aliphatic carbocycles. The van der Waals surface area contributed by atoms with Crippen molar-refractivity contribution in [3.05, 3.63) is 35.2 Å². The van der Waals surface area contributed by atoms with Crippen molar-refractivity contribution in [3.8, 4) is 11.4 Å². The molecule has 2 N–H and O–H groups in total. The molecule has 2 rings (SSSR count). The van der Waals surface area contributed by atoms with E-state index in [1.807, 2.05) is 0 Å². The molecule has 7 nitrogen and oxygen atoms in total. The van der Waals surface area contributed by atoms with Crippen LogP contribution >= 0.6 is 11.6 Å². The zero-order chi connectivity index (χ0) is 14.6. The second-order valence-electron chi connectivity index (χ2n) is 3.84. The molecule has 0 fully saturated rings. The summed E-state index contributed by atoms with van der Waals surface area (Å²) in [6.45, 7) is 1.90. The van der Waals surface area contributed by atoms with Crippen molar-refractivity contribution >= 4 is 21.8 Å². The van der Waals surface area contributed by atoms with Gasteiger partial charge in [-0.3, -0.25) is 0 Å². The maximum Gasteiger partial charge on any atom is 0.277 e. The molecule has 0 aliphatic heterocycles. The predicted molar refractivity (Wildman–Crippen MR) is 74.2 cm³/mol. The van der Waals surface area contributed by atoms with Crippen molar-refractivity contribution in [2.45, 2.75) is 13.5 Å². The number of nitrogens with one attached hydrogen (secondary N) is 2. The van der Waals surface area contributed by atoms with Crippen molar-refractivity contribution in [2.24, 2.45) is 0 Å². The molecule has 0 atom stereocenters. The lowest BCUT2D eigenvalue weighted by molar-refractivity contribution is 0.375. The van der Waals surface area contributed by atoms with Crippen LogP contribution in [-0.2, 0) is 16.8 Å². The SMILES string of the molecule is CCNS(=O)(=O)NCc1nc(-c2cccc(Cl)c2)no1. The molecule has 0 radical (unpaired) electrons. The minimum Gasteiger partial charge on any atom is -0.338 e. The van der Waals surface area contributed by atoms with Gasteiger partial charge in [-0.05, 0) is 12.1 Å². The quantitative estimate of drug-likeness (QED) is 0.838. The molecule has 0 spiro atoms. The average molecular weight is 317 g/mol. The Morgan fingerprint density at radius 2 is 2.15 bits per heavy atom. The van der Waals surface area contributed by atoms with E-state index in [2.05, 4.69) is 19.6 Å². The first-order valence-electron chi connectivity index (χ1n) is 5.83. The highest BCUT2D eigenvalue weighted by molar-refractivity contribution is 7.87. The second-order valence-corrected chi connectivity index (χ2v) is 5.87. The van der Waals surface area contributed by atoms with E-state index in [9.17, 15) is 8.42 Å². The molecule has 2 aromatic rings. The number of hydrogen-bond donors (Lipinski definition) is 2. The van der Waals surface area contributed by atoms with Crippen LogP contribution in [0.3, 0.4) is 0 Å². The van der Waals surface area contributed by atoms with Gasteiger partial charge in [-0.2, -0.15) is 18.1 Å². The molecule has 0 bridgehead atoms. The van der Waals surface area contributed by atoms with Crippen LogP contribution in [0.1, 0.15) is 12.8 Å². The zero-order valence-electron chi connectivity index (χ0n) is 10.6. The third-order valence-corrected chi connectivity index (χ3v) is 3.73. The smallest absolute Gasteiger partial charge is 0.277 e. The van der Waals surface area contributed by atoms with Gasteiger partial charge in [0, 0.05) is 17.1 Å². The predicted octanol–water partition coefficient (Wildman–Crippen LogP) is 1.33. The molecule has 0 amide bonds. The Bertz CT molecular complexity index is 686. The number of halogens is 1. The summed E-state index contributed by atoms with van der Waals surface area (Å²) in [7, 11) is -3.54. The first kappa shape index (κ1) is 14.9. The number of nitrogens with zero attached hydrogens (tertiary/aromatic N) is 2. The minimum atomic E-state index is -3.54. The Morgan fingerprint density at radius 1 is 1.35 bits per heavy atom. The van der Waals surface area contributed by atoms with E-state index < -0.39 is 10.2 Å². The van der Waals surface area contributed by atoms with Gasteiger partial charge in [0.15, 0.2) is 0 Å². The first-order valence-corrected chi connectivity index (χ1v) is 7.69. The van der Waals surface area contributed by atoms with Crippen molar-refractivity contribution in [2.75, 3.05) is 6.54 Å². The number of hydrogen-bond acceptors (Lipinski definition) is 5. The third kappa shape index (κ3) is 4.01. The average Bonchev–Trinajstić information content (AvgIpc) is 2.85. The van der Waals surface area contributed by atoms with Gasteiger partial charge in [0.1, 0.15) is 0 Å². The molecule has 1 aromatic carbocycles. The summed E-state index contributed by atoms with van der Waals surface area (Å²) in [5.74, 6) is 0.520. The Balaban J connectivity index is 2.06. The van der Waals surface area contributed by atoms with E-state index in [4.69, 9.17) is 16.1 Å². The van der Waals surface area contributed by atoms with Crippen LogP contribution in [-0.4, -0.2) is 25.1 Å². The molecule has 20 heavy (non-hydrogen) atoms. The second kappa shape index (κ2) is 6.31. The van der Waals surface area contributed by atoms with Gasteiger partial charge in [0.05, 0.1) is 6.54 Å². The van der Waals surface area contributed by atoms with Crippen LogP contribution in [0.5, 0.6) is 0 Å². The molecular weight excluding hydrogens is 304 g/mol. The number of rotatable bonds is 6. The molecule has 0 aliphatic rings. The number of aromatic nitrogens is 2. The zero-order valence-corrected chi connectivity index (χ0v) is 12.2. The van der Waals surface area contributed by atoms with Gasteiger partial charge in [-0.25, -0.2) is 4.72 Å². The molecule has 0 saturated carbocycles. The largest absolute Gasteiger partial charge is 0.338 e. The minimum absolute atomic E-state index is 0.0805. The molecule has 1 aromatic heterocycles. The molecule has 0 saturated heterocycles. The first-order chi connectivity index (χ1) is 9.50. The van der Waals surface area contributed by atoms with E-state index in [1.165, 1.54) is 0 Å². The Hall–Kier alpha value is -1.48. The van der Waals surface area contributed by atoms with Crippen LogP contribution < -0.4 is 9.44 Å². The van der Waals surface area contributed by atoms with Gasteiger partial charge in [-0.1, -0.05) is 35.8 Å². The summed E-state index contributed by atoms with van der Waals surface area (Å²) in [5, 5.41) is 4.33. The molecule has 1 heterocycles. The highest BCUT2D eigenvalue weighted by Crippen LogP contribution is 2.19. The summed E-state index contributed by atoms with van der Waals surface area (Å²) in [4.78, 5) is 4.09. The Morgan fingerprint density at radius 3 is 2.85 bits per heavy atom. The molecule has 0 unspecified atom stereocenters. The lowest BCUT2D eigenvalue weighted by atomic mass is 10.2. The molecule has 108 valence electrons. The Labute approximate surface area is 121 Å². The van der Waals surface area contributed by atoms with Gasteiger partial charge < -0.3 is 4.52 Å². The fourth-order valence-electron chi connectivity index (χ4n) is 1.47. The fourth-order valence-corrected chi connectivity index (χ4v) is 2.46. The number of benzene rings is 1. The Kier molecular flexibility index (Phi) is 4.71. The van der Waals surface area contributed by atoms with Crippen LogP contribution in [0, 0.1) is 0 Å². The maximum atomic E-state index is 11.4. The topological polar surface area (TPSA) is 97.1 Å². The van der Waals surface area contributed by atoms with E-state index in [-0.39, 0.29) is 12.4 Å². The monoisotopic (exact) mass is 316 g/mol.